The summed E-state index contributed by atoms with van der Waals surface area (Å²) in [5, 5.41) is 15.0. The highest BCUT2D eigenvalue weighted by molar-refractivity contribution is 7.09. The Morgan fingerprint density at radius 3 is 2.65 bits per heavy atom. The minimum absolute atomic E-state index is 0.0761. The van der Waals surface area contributed by atoms with E-state index in [2.05, 4.69) is 10.3 Å². The molecule has 1 aliphatic rings. The van der Waals surface area contributed by atoms with Crippen molar-refractivity contribution >= 4 is 23.2 Å². The third-order valence-corrected chi connectivity index (χ3v) is 4.83. The average molecular weight is 296 g/mol. The standard InChI is InChI=1S/C14H20N2O3S/c1-10-9-20-12(16-10)8-15-11(17)7-14(13(18)19)5-3-2-4-6-14/h9H,2-8H2,1H3,(H,15,17)(H,18,19). The van der Waals surface area contributed by atoms with E-state index in [1.165, 1.54) is 11.3 Å². The van der Waals surface area contributed by atoms with Gasteiger partial charge in [0.15, 0.2) is 0 Å². The zero-order chi connectivity index (χ0) is 14.6. The normalized spacial score (nSPS) is 17.6. The molecular formula is C14H20N2O3S. The van der Waals surface area contributed by atoms with Crippen molar-refractivity contribution in [2.24, 2.45) is 5.41 Å². The number of aromatic nitrogens is 1. The number of rotatable bonds is 5. The van der Waals surface area contributed by atoms with Gasteiger partial charge in [0, 0.05) is 17.5 Å². The van der Waals surface area contributed by atoms with Crippen LogP contribution in [0.25, 0.3) is 0 Å². The van der Waals surface area contributed by atoms with Gasteiger partial charge in [0.05, 0.1) is 12.0 Å². The van der Waals surface area contributed by atoms with Gasteiger partial charge in [0.1, 0.15) is 5.01 Å². The van der Waals surface area contributed by atoms with Crippen LogP contribution in [0.4, 0.5) is 0 Å². The maximum absolute atomic E-state index is 12.0. The second-order valence-corrected chi connectivity index (χ2v) is 6.42. The fourth-order valence-corrected chi connectivity index (χ4v) is 3.43. The molecule has 2 N–H and O–H groups in total. The molecule has 20 heavy (non-hydrogen) atoms. The third kappa shape index (κ3) is 3.56. The number of carboxylic acid groups (broad SMARTS) is 1. The fourth-order valence-electron chi connectivity index (χ4n) is 2.72. The van der Waals surface area contributed by atoms with E-state index in [4.69, 9.17) is 0 Å². The number of thiazole rings is 1. The van der Waals surface area contributed by atoms with Crippen LogP contribution >= 0.6 is 11.3 Å². The molecule has 0 spiro atoms. The Labute approximate surface area is 122 Å². The third-order valence-electron chi connectivity index (χ3n) is 3.87. The number of aryl methyl sites for hydroxylation is 1. The average Bonchev–Trinajstić information content (AvgIpc) is 2.83. The first-order valence-corrected chi connectivity index (χ1v) is 7.81. The van der Waals surface area contributed by atoms with E-state index in [-0.39, 0.29) is 12.3 Å². The van der Waals surface area contributed by atoms with Crippen molar-refractivity contribution in [3.63, 3.8) is 0 Å². The van der Waals surface area contributed by atoms with Crippen LogP contribution in [0.3, 0.4) is 0 Å². The Bertz CT molecular complexity index is 492. The smallest absolute Gasteiger partial charge is 0.310 e. The summed E-state index contributed by atoms with van der Waals surface area (Å²) in [6, 6.07) is 0. The lowest BCUT2D eigenvalue weighted by Gasteiger charge is -2.32. The maximum atomic E-state index is 12.0. The predicted octanol–water partition coefficient (Wildman–Crippen LogP) is 2.49. The Kier molecular flexibility index (Phi) is 4.75. The first kappa shape index (κ1) is 15.0. The van der Waals surface area contributed by atoms with Gasteiger partial charge in [-0.3, -0.25) is 9.59 Å². The van der Waals surface area contributed by atoms with Crippen LogP contribution in [0.15, 0.2) is 5.38 Å². The molecule has 0 unspecified atom stereocenters. The summed E-state index contributed by atoms with van der Waals surface area (Å²) in [6.45, 7) is 2.29. The summed E-state index contributed by atoms with van der Waals surface area (Å²) in [7, 11) is 0. The monoisotopic (exact) mass is 296 g/mol. The number of hydrogen-bond acceptors (Lipinski definition) is 4. The molecule has 110 valence electrons. The van der Waals surface area contributed by atoms with Crippen molar-refractivity contribution in [1.82, 2.24) is 10.3 Å². The fraction of sp³-hybridized carbons (Fsp3) is 0.643. The van der Waals surface area contributed by atoms with Crippen molar-refractivity contribution in [2.45, 2.75) is 52.0 Å². The lowest BCUT2D eigenvalue weighted by atomic mass is 9.71. The molecule has 1 heterocycles. The van der Waals surface area contributed by atoms with Crippen LogP contribution in [0.1, 0.15) is 49.2 Å². The molecule has 0 bridgehead atoms. The van der Waals surface area contributed by atoms with Crippen LogP contribution in [0, 0.1) is 12.3 Å². The largest absolute Gasteiger partial charge is 0.481 e. The molecular weight excluding hydrogens is 276 g/mol. The molecule has 1 aliphatic carbocycles. The Morgan fingerprint density at radius 2 is 2.10 bits per heavy atom. The molecule has 1 aromatic rings. The molecule has 0 aliphatic heterocycles. The van der Waals surface area contributed by atoms with E-state index in [9.17, 15) is 14.7 Å². The van der Waals surface area contributed by atoms with Gasteiger partial charge >= 0.3 is 5.97 Å². The Hall–Kier alpha value is -1.43. The van der Waals surface area contributed by atoms with Crippen molar-refractivity contribution in [3.8, 4) is 0 Å². The predicted molar refractivity (Wildman–Crippen MR) is 76.5 cm³/mol. The molecule has 1 fully saturated rings. The molecule has 6 heteroatoms. The summed E-state index contributed by atoms with van der Waals surface area (Å²) < 4.78 is 0. The van der Waals surface area contributed by atoms with E-state index >= 15 is 0 Å². The van der Waals surface area contributed by atoms with E-state index in [1.54, 1.807) is 0 Å². The molecule has 1 aromatic heterocycles. The second kappa shape index (κ2) is 6.35. The van der Waals surface area contributed by atoms with Crippen LogP contribution < -0.4 is 5.32 Å². The summed E-state index contributed by atoms with van der Waals surface area (Å²) in [4.78, 5) is 27.8. The minimum atomic E-state index is -0.860. The van der Waals surface area contributed by atoms with E-state index in [0.29, 0.717) is 19.4 Å². The number of carboxylic acids is 1. The van der Waals surface area contributed by atoms with Gasteiger partial charge < -0.3 is 10.4 Å². The minimum Gasteiger partial charge on any atom is -0.481 e. The molecule has 1 saturated carbocycles. The lowest BCUT2D eigenvalue weighted by Crippen LogP contribution is -2.39. The van der Waals surface area contributed by atoms with Gasteiger partial charge in [0.25, 0.3) is 0 Å². The molecule has 2 rings (SSSR count). The van der Waals surface area contributed by atoms with Crippen molar-refractivity contribution in [3.05, 3.63) is 16.1 Å². The number of nitrogens with one attached hydrogen (secondary N) is 1. The zero-order valence-electron chi connectivity index (χ0n) is 11.6. The molecule has 1 amide bonds. The Morgan fingerprint density at radius 1 is 1.40 bits per heavy atom. The second-order valence-electron chi connectivity index (χ2n) is 5.48. The van der Waals surface area contributed by atoms with Gasteiger partial charge in [-0.25, -0.2) is 4.98 Å². The first-order chi connectivity index (χ1) is 9.52. The van der Waals surface area contributed by atoms with Crippen LogP contribution in [0.5, 0.6) is 0 Å². The summed E-state index contributed by atoms with van der Waals surface area (Å²) in [6.07, 6.45) is 4.14. The highest BCUT2D eigenvalue weighted by atomic mass is 32.1. The quantitative estimate of drug-likeness (QED) is 0.875. The number of carbonyl (C=O) groups excluding carboxylic acids is 1. The zero-order valence-corrected chi connectivity index (χ0v) is 12.5. The van der Waals surface area contributed by atoms with Gasteiger partial charge in [-0.1, -0.05) is 19.3 Å². The van der Waals surface area contributed by atoms with E-state index in [1.807, 2.05) is 12.3 Å². The lowest BCUT2D eigenvalue weighted by molar-refractivity contribution is -0.154. The van der Waals surface area contributed by atoms with Crippen LogP contribution in [-0.2, 0) is 16.1 Å². The molecule has 0 atom stereocenters. The molecule has 0 radical (unpaired) electrons. The molecule has 0 saturated heterocycles. The highest BCUT2D eigenvalue weighted by Crippen LogP contribution is 2.39. The van der Waals surface area contributed by atoms with Gasteiger partial charge in [-0.05, 0) is 19.8 Å². The maximum Gasteiger partial charge on any atom is 0.310 e. The highest BCUT2D eigenvalue weighted by Gasteiger charge is 2.41. The van der Waals surface area contributed by atoms with Gasteiger partial charge in [-0.15, -0.1) is 11.3 Å². The molecule has 5 nitrogen and oxygen atoms in total. The van der Waals surface area contributed by atoms with Crippen molar-refractivity contribution < 1.29 is 14.7 Å². The van der Waals surface area contributed by atoms with E-state index < -0.39 is 11.4 Å². The summed E-state index contributed by atoms with van der Waals surface area (Å²) in [5.74, 6) is -1.03. The Balaban J connectivity index is 1.90. The summed E-state index contributed by atoms with van der Waals surface area (Å²) in [5.41, 5.74) is 0.0785. The van der Waals surface area contributed by atoms with Crippen molar-refractivity contribution in [1.29, 1.82) is 0 Å². The van der Waals surface area contributed by atoms with Gasteiger partial charge in [-0.2, -0.15) is 0 Å². The van der Waals surface area contributed by atoms with Crippen molar-refractivity contribution in [2.75, 3.05) is 0 Å². The van der Waals surface area contributed by atoms with E-state index in [0.717, 1.165) is 30.0 Å². The SMILES string of the molecule is Cc1csc(CNC(=O)CC2(C(=O)O)CCCCC2)n1. The number of hydrogen-bond donors (Lipinski definition) is 2. The summed E-state index contributed by atoms with van der Waals surface area (Å²) >= 11 is 1.50. The number of aliphatic carboxylic acids is 1. The topological polar surface area (TPSA) is 79.3 Å². The van der Waals surface area contributed by atoms with Crippen LogP contribution in [0.2, 0.25) is 0 Å². The van der Waals surface area contributed by atoms with Crippen LogP contribution in [-0.4, -0.2) is 22.0 Å². The number of nitrogens with zero attached hydrogens (tertiary/aromatic N) is 1. The number of carbonyl (C=O) groups is 2. The first-order valence-electron chi connectivity index (χ1n) is 6.93. The van der Waals surface area contributed by atoms with Gasteiger partial charge in [0.2, 0.25) is 5.91 Å². The number of amides is 1. The molecule has 0 aromatic carbocycles.